The van der Waals surface area contributed by atoms with Gasteiger partial charge in [0.1, 0.15) is 5.82 Å². The minimum Gasteiger partial charge on any atom is -0.383 e. The largest absolute Gasteiger partial charge is 0.383 e. The number of anilines is 2. The molecule has 1 aromatic carbocycles. The van der Waals surface area contributed by atoms with Crippen LogP contribution in [-0.2, 0) is 4.74 Å². The molecule has 112 valence electrons. The van der Waals surface area contributed by atoms with E-state index in [9.17, 15) is 0 Å². The van der Waals surface area contributed by atoms with Gasteiger partial charge in [0, 0.05) is 31.3 Å². The van der Waals surface area contributed by atoms with Gasteiger partial charge in [-0.15, -0.1) is 0 Å². The number of methoxy groups -OCH3 is 1. The van der Waals surface area contributed by atoms with Gasteiger partial charge >= 0.3 is 0 Å². The molecule has 0 radical (unpaired) electrons. The molecule has 0 fully saturated rings. The van der Waals surface area contributed by atoms with Crippen LogP contribution >= 0.6 is 0 Å². The summed E-state index contributed by atoms with van der Waals surface area (Å²) >= 11 is 0. The van der Waals surface area contributed by atoms with Gasteiger partial charge in [-0.05, 0) is 13.8 Å². The van der Waals surface area contributed by atoms with Gasteiger partial charge in [-0.3, -0.25) is 0 Å². The number of rotatable bonds is 7. The standard InChI is InChI=1S/C16H22N4O/c1-12(2)18-16-19-14(13-7-5-4-6-8-13)11-15(20-16)17-9-10-21-3/h4-8,11-12H,9-10H2,1-3H3,(H2,17,18,19,20). The Morgan fingerprint density at radius 2 is 1.90 bits per heavy atom. The zero-order valence-corrected chi connectivity index (χ0v) is 12.8. The predicted octanol–water partition coefficient (Wildman–Crippen LogP) is 3.02. The van der Waals surface area contributed by atoms with Gasteiger partial charge < -0.3 is 15.4 Å². The third kappa shape index (κ3) is 4.72. The van der Waals surface area contributed by atoms with Crippen molar-refractivity contribution in [3.63, 3.8) is 0 Å². The second kappa shape index (κ2) is 7.59. The smallest absolute Gasteiger partial charge is 0.225 e. The Bertz CT molecular complexity index is 557. The van der Waals surface area contributed by atoms with Gasteiger partial charge in [0.2, 0.25) is 5.95 Å². The summed E-state index contributed by atoms with van der Waals surface area (Å²) in [5.74, 6) is 1.43. The molecule has 0 aliphatic carbocycles. The van der Waals surface area contributed by atoms with E-state index in [1.165, 1.54) is 0 Å². The maximum absolute atomic E-state index is 5.05. The summed E-state index contributed by atoms with van der Waals surface area (Å²) in [4.78, 5) is 9.06. The van der Waals surface area contributed by atoms with Gasteiger partial charge in [0.05, 0.1) is 12.3 Å². The number of ether oxygens (including phenoxy) is 1. The molecule has 0 bridgehead atoms. The summed E-state index contributed by atoms with van der Waals surface area (Å²) in [5, 5.41) is 6.51. The number of aromatic nitrogens is 2. The van der Waals surface area contributed by atoms with Crippen LogP contribution < -0.4 is 10.6 Å². The van der Waals surface area contributed by atoms with Crippen LogP contribution in [0.4, 0.5) is 11.8 Å². The molecule has 0 saturated carbocycles. The van der Waals surface area contributed by atoms with Crippen molar-refractivity contribution in [3.05, 3.63) is 36.4 Å². The highest BCUT2D eigenvalue weighted by atomic mass is 16.5. The van der Waals surface area contributed by atoms with Crippen LogP contribution in [0.2, 0.25) is 0 Å². The fourth-order valence-corrected chi connectivity index (χ4v) is 1.90. The lowest BCUT2D eigenvalue weighted by Gasteiger charge is -2.13. The van der Waals surface area contributed by atoms with Crippen molar-refractivity contribution >= 4 is 11.8 Å². The van der Waals surface area contributed by atoms with Gasteiger partial charge in [-0.2, -0.15) is 4.98 Å². The molecule has 1 heterocycles. The molecular formula is C16H22N4O. The molecule has 5 heteroatoms. The lowest BCUT2D eigenvalue weighted by Crippen LogP contribution is -2.15. The van der Waals surface area contributed by atoms with Gasteiger partial charge in [-0.1, -0.05) is 30.3 Å². The van der Waals surface area contributed by atoms with Crippen molar-refractivity contribution in [2.75, 3.05) is 30.9 Å². The Kier molecular flexibility index (Phi) is 5.51. The molecule has 0 atom stereocenters. The van der Waals surface area contributed by atoms with Crippen molar-refractivity contribution in [1.29, 1.82) is 0 Å². The quantitative estimate of drug-likeness (QED) is 0.766. The van der Waals surface area contributed by atoms with E-state index in [4.69, 9.17) is 4.74 Å². The Morgan fingerprint density at radius 1 is 1.14 bits per heavy atom. The number of hydrogen-bond donors (Lipinski definition) is 2. The highest BCUT2D eigenvalue weighted by Crippen LogP contribution is 2.21. The third-order valence-electron chi connectivity index (χ3n) is 2.83. The molecule has 0 spiro atoms. The van der Waals surface area contributed by atoms with Crippen molar-refractivity contribution in [2.24, 2.45) is 0 Å². The minimum absolute atomic E-state index is 0.280. The Morgan fingerprint density at radius 3 is 2.57 bits per heavy atom. The van der Waals surface area contributed by atoms with E-state index in [2.05, 4.69) is 34.4 Å². The van der Waals surface area contributed by atoms with Crippen LogP contribution in [-0.4, -0.2) is 36.3 Å². The van der Waals surface area contributed by atoms with E-state index in [1.807, 2.05) is 36.4 Å². The average Bonchev–Trinajstić information content (AvgIpc) is 2.47. The monoisotopic (exact) mass is 286 g/mol. The first kappa shape index (κ1) is 15.3. The SMILES string of the molecule is COCCNc1cc(-c2ccccc2)nc(NC(C)C)n1. The lowest BCUT2D eigenvalue weighted by atomic mass is 10.1. The minimum atomic E-state index is 0.280. The highest BCUT2D eigenvalue weighted by molar-refractivity contribution is 5.64. The second-order valence-electron chi connectivity index (χ2n) is 5.05. The summed E-state index contributed by atoms with van der Waals surface area (Å²) in [5.41, 5.74) is 1.97. The summed E-state index contributed by atoms with van der Waals surface area (Å²) in [6.45, 7) is 5.48. The molecule has 0 unspecified atom stereocenters. The Hall–Kier alpha value is -2.14. The molecule has 0 aliphatic rings. The van der Waals surface area contributed by atoms with Crippen LogP contribution in [0, 0.1) is 0 Å². The van der Waals surface area contributed by atoms with Gasteiger partial charge in [0.15, 0.2) is 0 Å². The first-order chi connectivity index (χ1) is 10.2. The van der Waals surface area contributed by atoms with E-state index in [1.54, 1.807) is 7.11 Å². The maximum Gasteiger partial charge on any atom is 0.225 e. The number of nitrogens with zero attached hydrogens (tertiary/aromatic N) is 2. The molecule has 0 amide bonds. The molecule has 2 N–H and O–H groups in total. The maximum atomic E-state index is 5.05. The molecule has 1 aromatic heterocycles. The molecular weight excluding hydrogens is 264 g/mol. The van der Waals surface area contributed by atoms with Crippen LogP contribution in [0.15, 0.2) is 36.4 Å². The first-order valence-electron chi connectivity index (χ1n) is 7.13. The molecule has 21 heavy (non-hydrogen) atoms. The zero-order chi connectivity index (χ0) is 15.1. The van der Waals surface area contributed by atoms with Crippen molar-refractivity contribution < 1.29 is 4.74 Å². The molecule has 2 rings (SSSR count). The van der Waals surface area contributed by atoms with Crippen LogP contribution in [0.1, 0.15) is 13.8 Å². The summed E-state index contributed by atoms with van der Waals surface area (Å²) < 4.78 is 5.05. The number of benzene rings is 1. The molecule has 5 nitrogen and oxygen atoms in total. The van der Waals surface area contributed by atoms with E-state index >= 15 is 0 Å². The summed E-state index contributed by atoms with van der Waals surface area (Å²) in [6.07, 6.45) is 0. The molecule has 0 saturated heterocycles. The van der Waals surface area contributed by atoms with E-state index < -0.39 is 0 Å². The fraction of sp³-hybridized carbons (Fsp3) is 0.375. The van der Waals surface area contributed by atoms with E-state index in [-0.39, 0.29) is 6.04 Å². The van der Waals surface area contributed by atoms with Crippen LogP contribution in [0.5, 0.6) is 0 Å². The Balaban J connectivity index is 2.28. The zero-order valence-electron chi connectivity index (χ0n) is 12.8. The fourth-order valence-electron chi connectivity index (χ4n) is 1.90. The Labute approximate surface area is 125 Å². The highest BCUT2D eigenvalue weighted by Gasteiger charge is 2.07. The van der Waals surface area contributed by atoms with E-state index in [0.717, 1.165) is 17.1 Å². The van der Waals surface area contributed by atoms with Crippen molar-refractivity contribution in [2.45, 2.75) is 19.9 Å². The summed E-state index contributed by atoms with van der Waals surface area (Å²) in [6, 6.07) is 12.3. The van der Waals surface area contributed by atoms with Gasteiger partial charge in [-0.25, -0.2) is 4.98 Å². The number of nitrogens with one attached hydrogen (secondary N) is 2. The number of hydrogen-bond acceptors (Lipinski definition) is 5. The van der Waals surface area contributed by atoms with Crippen LogP contribution in [0.3, 0.4) is 0 Å². The molecule has 2 aromatic rings. The second-order valence-corrected chi connectivity index (χ2v) is 5.05. The summed E-state index contributed by atoms with van der Waals surface area (Å²) in [7, 11) is 1.68. The third-order valence-corrected chi connectivity index (χ3v) is 2.83. The normalized spacial score (nSPS) is 10.7. The van der Waals surface area contributed by atoms with Crippen molar-refractivity contribution in [3.8, 4) is 11.3 Å². The average molecular weight is 286 g/mol. The van der Waals surface area contributed by atoms with Crippen LogP contribution in [0.25, 0.3) is 11.3 Å². The predicted molar refractivity (Wildman–Crippen MR) is 86.6 cm³/mol. The van der Waals surface area contributed by atoms with Gasteiger partial charge in [0.25, 0.3) is 0 Å². The molecule has 0 aliphatic heterocycles. The first-order valence-corrected chi connectivity index (χ1v) is 7.13. The van der Waals surface area contributed by atoms with Crippen molar-refractivity contribution in [1.82, 2.24) is 9.97 Å². The van der Waals surface area contributed by atoms with E-state index in [0.29, 0.717) is 19.1 Å². The lowest BCUT2D eigenvalue weighted by molar-refractivity contribution is 0.210. The topological polar surface area (TPSA) is 59.1 Å².